The van der Waals surface area contributed by atoms with Crippen LogP contribution in [0.2, 0.25) is 0 Å². The molecular weight excluding hydrogens is 405 g/mol. The molecule has 4 rings (SSSR count). The van der Waals surface area contributed by atoms with Crippen LogP contribution in [0, 0.1) is 0 Å². The minimum Gasteiger partial charge on any atom is -0.449 e. The molecule has 0 saturated heterocycles. The van der Waals surface area contributed by atoms with Crippen LogP contribution in [0.15, 0.2) is 72.8 Å². The van der Waals surface area contributed by atoms with Gasteiger partial charge in [0.1, 0.15) is 12.4 Å². The third-order valence-electron chi connectivity index (χ3n) is 5.14. The number of hydrogen-bond donors (Lipinski definition) is 1. The summed E-state index contributed by atoms with van der Waals surface area (Å²) in [6, 6.07) is 22.6. The van der Waals surface area contributed by atoms with Crippen molar-refractivity contribution in [2.24, 2.45) is 0 Å². The molecule has 7 heteroatoms. The molecule has 1 aliphatic carbocycles. The maximum Gasteiger partial charge on any atom is 0.407 e. The largest absolute Gasteiger partial charge is 0.449 e. The van der Waals surface area contributed by atoms with Gasteiger partial charge in [0.25, 0.3) is 0 Å². The highest BCUT2D eigenvalue weighted by Gasteiger charge is 2.28. The first-order valence-electron chi connectivity index (χ1n) is 9.50. The molecular formula is C23H20FNO4S. The summed E-state index contributed by atoms with van der Waals surface area (Å²) in [5, 5.41) is 2.69. The van der Waals surface area contributed by atoms with Crippen molar-refractivity contribution in [2.75, 3.05) is 6.61 Å². The molecule has 5 nitrogen and oxygen atoms in total. The first-order chi connectivity index (χ1) is 14.4. The molecule has 30 heavy (non-hydrogen) atoms. The lowest BCUT2D eigenvalue weighted by Gasteiger charge is -2.14. The highest BCUT2D eigenvalue weighted by atomic mass is 32.3. The van der Waals surface area contributed by atoms with E-state index < -0.39 is 22.1 Å². The predicted octanol–water partition coefficient (Wildman–Crippen LogP) is 4.52. The van der Waals surface area contributed by atoms with E-state index in [0.717, 1.165) is 27.8 Å². The monoisotopic (exact) mass is 425 g/mol. The second-order valence-corrected chi connectivity index (χ2v) is 8.55. The molecule has 0 bridgehead atoms. The van der Waals surface area contributed by atoms with E-state index in [9.17, 15) is 17.1 Å². The minimum absolute atomic E-state index is 0.00918. The molecule has 3 aromatic rings. The van der Waals surface area contributed by atoms with Crippen molar-refractivity contribution in [2.45, 2.75) is 18.2 Å². The van der Waals surface area contributed by atoms with Crippen LogP contribution in [0.3, 0.4) is 0 Å². The zero-order valence-corrected chi connectivity index (χ0v) is 16.9. The van der Waals surface area contributed by atoms with Gasteiger partial charge in [-0.3, -0.25) is 0 Å². The standard InChI is InChI=1S/C23H20FNO4S/c24-30(27,28)15-17-11-9-16(10-12-17)13-25-23(26)29-14-22-20-7-3-1-5-18(20)19-6-2-4-8-21(19)22/h1-12,22H,13-15H2,(H,25,26). The molecule has 1 aliphatic rings. The van der Waals surface area contributed by atoms with E-state index in [2.05, 4.69) is 29.6 Å². The van der Waals surface area contributed by atoms with Crippen molar-refractivity contribution in [3.63, 3.8) is 0 Å². The van der Waals surface area contributed by atoms with Crippen LogP contribution in [-0.4, -0.2) is 21.1 Å². The van der Waals surface area contributed by atoms with E-state index in [-0.39, 0.29) is 19.1 Å². The maximum atomic E-state index is 12.7. The molecule has 0 fully saturated rings. The number of alkyl carbamates (subject to hydrolysis) is 1. The van der Waals surface area contributed by atoms with E-state index >= 15 is 0 Å². The third kappa shape index (κ3) is 4.52. The second-order valence-electron chi connectivity index (χ2n) is 7.18. The number of rotatable bonds is 6. The van der Waals surface area contributed by atoms with Crippen molar-refractivity contribution >= 4 is 16.3 Å². The number of ether oxygens (including phenoxy) is 1. The SMILES string of the molecule is O=C(NCc1ccc(CS(=O)(=O)F)cc1)OCC1c2ccccc2-c2ccccc21. The Balaban J connectivity index is 1.34. The lowest BCUT2D eigenvalue weighted by atomic mass is 9.98. The van der Waals surface area contributed by atoms with Crippen LogP contribution in [0.5, 0.6) is 0 Å². The second kappa shape index (κ2) is 8.28. The van der Waals surface area contributed by atoms with Gasteiger partial charge in [0.05, 0.1) is 0 Å². The van der Waals surface area contributed by atoms with Gasteiger partial charge in [-0.15, -0.1) is 3.89 Å². The van der Waals surface area contributed by atoms with Crippen molar-refractivity contribution in [3.8, 4) is 11.1 Å². The van der Waals surface area contributed by atoms with Gasteiger partial charge in [-0.1, -0.05) is 72.8 Å². The molecule has 0 spiro atoms. The Morgan fingerprint density at radius 1 is 0.867 bits per heavy atom. The number of halogens is 1. The molecule has 1 amide bonds. The van der Waals surface area contributed by atoms with E-state index in [1.54, 1.807) is 12.1 Å². The Morgan fingerprint density at radius 2 is 1.40 bits per heavy atom. The van der Waals surface area contributed by atoms with Gasteiger partial charge < -0.3 is 10.1 Å². The summed E-state index contributed by atoms with van der Waals surface area (Å²) in [6.07, 6.45) is -0.535. The summed E-state index contributed by atoms with van der Waals surface area (Å²) >= 11 is 0. The summed E-state index contributed by atoms with van der Waals surface area (Å²) in [4.78, 5) is 12.2. The van der Waals surface area contributed by atoms with Crippen LogP contribution < -0.4 is 5.32 Å². The Kier molecular flexibility index (Phi) is 5.55. The number of benzene rings is 3. The lowest BCUT2D eigenvalue weighted by molar-refractivity contribution is 0.142. The highest BCUT2D eigenvalue weighted by molar-refractivity contribution is 7.85. The van der Waals surface area contributed by atoms with Crippen molar-refractivity contribution in [3.05, 3.63) is 95.1 Å². The Labute approximate surface area is 174 Å². The topological polar surface area (TPSA) is 72.5 Å². The molecule has 0 heterocycles. The Morgan fingerprint density at radius 3 is 1.97 bits per heavy atom. The molecule has 1 N–H and O–H groups in total. The number of fused-ring (bicyclic) bond motifs is 3. The van der Waals surface area contributed by atoms with Crippen molar-refractivity contribution < 1.29 is 21.8 Å². The number of carbonyl (C=O) groups excluding carboxylic acids is 1. The van der Waals surface area contributed by atoms with E-state index in [0.29, 0.717) is 5.56 Å². The van der Waals surface area contributed by atoms with Crippen LogP contribution >= 0.6 is 0 Å². The molecule has 3 aromatic carbocycles. The van der Waals surface area contributed by atoms with Gasteiger partial charge in [0.15, 0.2) is 0 Å². The van der Waals surface area contributed by atoms with Crippen LogP contribution in [0.1, 0.15) is 28.2 Å². The first kappa shape index (κ1) is 20.1. The van der Waals surface area contributed by atoms with Gasteiger partial charge in [0.2, 0.25) is 0 Å². The molecule has 0 saturated carbocycles. The molecule has 0 radical (unpaired) electrons. The normalized spacial score (nSPS) is 12.8. The smallest absolute Gasteiger partial charge is 0.407 e. The minimum atomic E-state index is -4.56. The van der Waals surface area contributed by atoms with Crippen LogP contribution in [-0.2, 0) is 27.3 Å². The molecule has 154 valence electrons. The van der Waals surface area contributed by atoms with Gasteiger partial charge in [-0.25, -0.2) is 4.79 Å². The van der Waals surface area contributed by atoms with Crippen LogP contribution in [0.4, 0.5) is 8.68 Å². The quantitative estimate of drug-likeness (QED) is 0.589. The van der Waals surface area contributed by atoms with Gasteiger partial charge in [0, 0.05) is 12.5 Å². The van der Waals surface area contributed by atoms with E-state index in [1.807, 2.05) is 24.3 Å². The Bertz CT molecular complexity index is 1130. The third-order valence-corrected chi connectivity index (χ3v) is 5.82. The van der Waals surface area contributed by atoms with Crippen molar-refractivity contribution in [1.82, 2.24) is 5.32 Å². The van der Waals surface area contributed by atoms with Gasteiger partial charge in [-0.05, 0) is 33.4 Å². The highest BCUT2D eigenvalue weighted by Crippen LogP contribution is 2.44. The molecule has 0 aliphatic heterocycles. The predicted molar refractivity (Wildman–Crippen MR) is 112 cm³/mol. The van der Waals surface area contributed by atoms with Crippen molar-refractivity contribution in [1.29, 1.82) is 0 Å². The number of amides is 1. The fourth-order valence-electron chi connectivity index (χ4n) is 3.78. The summed E-state index contributed by atoms with van der Waals surface area (Å²) < 4.78 is 39.6. The zero-order valence-electron chi connectivity index (χ0n) is 16.0. The zero-order chi connectivity index (χ0) is 21.1. The lowest BCUT2D eigenvalue weighted by Crippen LogP contribution is -2.25. The molecule has 0 atom stereocenters. The molecule has 0 unspecified atom stereocenters. The first-order valence-corrected chi connectivity index (χ1v) is 11.0. The molecule has 0 aromatic heterocycles. The Hall–Kier alpha value is -3.19. The average molecular weight is 425 g/mol. The van der Waals surface area contributed by atoms with Gasteiger partial charge in [-0.2, -0.15) is 8.42 Å². The number of carbonyl (C=O) groups is 1. The van der Waals surface area contributed by atoms with Crippen LogP contribution in [0.25, 0.3) is 11.1 Å². The number of nitrogens with one attached hydrogen (secondary N) is 1. The fraction of sp³-hybridized carbons (Fsp3) is 0.174. The fourth-order valence-corrected chi connectivity index (χ4v) is 4.37. The summed E-state index contributed by atoms with van der Waals surface area (Å²) in [5.74, 6) is -0.669. The number of hydrogen-bond acceptors (Lipinski definition) is 4. The average Bonchev–Trinajstić information content (AvgIpc) is 3.04. The maximum absolute atomic E-state index is 12.7. The van der Waals surface area contributed by atoms with E-state index in [4.69, 9.17) is 4.74 Å². The summed E-state index contributed by atoms with van der Waals surface area (Å²) in [5.41, 5.74) is 5.72. The summed E-state index contributed by atoms with van der Waals surface area (Å²) in [7, 11) is -4.56. The van der Waals surface area contributed by atoms with E-state index in [1.165, 1.54) is 12.1 Å². The summed E-state index contributed by atoms with van der Waals surface area (Å²) in [6.45, 7) is 0.451. The van der Waals surface area contributed by atoms with Gasteiger partial charge >= 0.3 is 16.3 Å².